The van der Waals surface area contributed by atoms with Gasteiger partial charge in [-0.1, -0.05) is 72.6 Å². The molecule has 2 saturated carbocycles. The third-order valence-corrected chi connectivity index (χ3v) is 8.82. The molecule has 0 radical (unpaired) electrons. The van der Waals surface area contributed by atoms with E-state index in [2.05, 4.69) is 12.2 Å². The highest BCUT2D eigenvalue weighted by molar-refractivity contribution is 6.36. The molecule has 184 valence electrons. The first-order valence-corrected chi connectivity index (χ1v) is 13.0. The van der Waals surface area contributed by atoms with E-state index < -0.39 is 35.6 Å². The number of allylic oxidation sites excluding steroid dienone is 2. The summed E-state index contributed by atoms with van der Waals surface area (Å²) in [6.07, 6.45) is 5.38. The van der Waals surface area contributed by atoms with E-state index in [9.17, 15) is 19.2 Å². The van der Waals surface area contributed by atoms with Crippen LogP contribution in [0.15, 0.2) is 60.7 Å². The third kappa shape index (κ3) is 3.38. The molecule has 0 unspecified atom stereocenters. The number of halogens is 2. The van der Waals surface area contributed by atoms with Crippen LogP contribution in [0.5, 0.6) is 0 Å². The molecule has 1 aliphatic heterocycles. The SMILES string of the molecule is CC[C@H](C(=O)c1ccccc1)N(C(=O)c1ccc(Cl)cc1Cl)N1C(=O)[C@@H]2[C@H]3C=C[C@@H]([C@@H]4C[C@H]34)[C@H]2C1=O. The van der Waals surface area contributed by atoms with E-state index >= 15 is 0 Å². The van der Waals surface area contributed by atoms with E-state index in [-0.39, 0.29) is 34.6 Å². The summed E-state index contributed by atoms with van der Waals surface area (Å²) in [6, 6.07) is 11.9. The van der Waals surface area contributed by atoms with Crippen LogP contribution in [-0.2, 0) is 9.59 Å². The molecule has 3 amide bonds. The summed E-state index contributed by atoms with van der Waals surface area (Å²) >= 11 is 12.4. The molecule has 1 heterocycles. The zero-order valence-electron chi connectivity index (χ0n) is 19.5. The van der Waals surface area contributed by atoms with Crippen LogP contribution in [-0.4, -0.2) is 39.6 Å². The fourth-order valence-corrected chi connectivity index (χ4v) is 7.07. The summed E-state index contributed by atoms with van der Waals surface area (Å²) < 4.78 is 0. The molecule has 1 saturated heterocycles. The number of hydrogen-bond donors (Lipinski definition) is 0. The Balaban J connectivity index is 1.45. The maximum Gasteiger partial charge on any atom is 0.275 e. The predicted molar refractivity (Wildman–Crippen MR) is 134 cm³/mol. The van der Waals surface area contributed by atoms with Crippen LogP contribution in [0.3, 0.4) is 0 Å². The molecule has 0 spiro atoms. The van der Waals surface area contributed by atoms with E-state index in [1.54, 1.807) is 37.3 Å². The number of hydrazine groups is 1. The number of benzene rings is 2. The van der Waals surface area contributed by atoms with E-state index in [0.29, 0.717) is 22.4 Å². The summed E-state index contributed by atoms with van der Waals surface area (Å²) in [5.74, 6) is -2.04. The molecule has 2 aromatic rings. The van der Waals surface area contributed by atoms with Crippen molar-refractivity contribution in [1.29, 1.82) is 0 Å². The lowest BCUT2D eigenvalue weighted by Gasteiger charge is -2.37. The number of carbonyl (C=O) groups is 4. The third-order valence-electron chi connectivity index (χ3n) is 8.27. The van der Waals surface area contributed by atoms with E-state index in [4.69, 9.17) is 23.2 Å². The average molecular weight is 523 g/mol. The Hall–Kier alpha value is -2.96. The number of hydrogen-bond acceptors (Lipinski definition) is 4. The molecule has 7 rings (SSSR count). The monoisotopic (exact) mass is 522 g/mol. The maximum atomic E-state index is 14.0. The lowest BCUT2D eigenvalue weighted by molar-refractivity contribution is -0.157. The van der Waals surface area contributed by atoms with Crippen LogP contribution in [0.4, 0.5) is 0 Å². The number of Topliss-reactive ketones (excluding diaryl/α,β-unsaturated/α-hetero) is 1. The minimum atomic E-state index is -1.07. The van der Waals surface area contributed by atoms with Gasteiger partial charge in [0.1, 0.15) is 6.04 Å². The summed E-state index contributed by atoms with van der Waals surface area (Å²) in [7, 11) is 0. The van der Waals surface area contributed by atoms with Crippen molar-refractivity contribution in [2.24, 2.45) is 35.5 Å². The molecule has 2 aromatic carbocycles. The largest absolute Gasteiger partial charge is 0.292 e. The van der Waals surface area contributed by atoms with Crippen molar-refractivity contribution in [2.45, 2.75) is 25.8 Å². The summed E-state index contributed by atoms with van der Waals surface area (Å²) in [5.41, 5.74) is 0.462. The van der Waals surface area contributed by atoms with Gasteiger partial charge in [-0.25, -0.2) is 5.01 Å². The molecular formula is C28H24Cl2N2O4. The second-order valence-corrected chi connectivity index (χ2v) is 10.9. The van der Waals surface area contributed by atoms with Crippen LogP contribution >= 0.6 is 23.2 Å². The first kappa shape index (κ1) is 23.4. The number of ketones is 1. The molecule has 36 heavy (non-hydrogen) atoms. The Labute approximate surface area is 218 Å². The number of imide groups is 1. The smallest absolute Gasteiger partial charge is 0.275 e. The van der Waals surface area contributed by atoms with Gasteiger partial charge in [-0.05, 0) is 54.7 Å². The quantitative estimate of drug-likeness (QED) is 0.301. The van der Waals surface area contributed by atoms with Crippen molar-refractivity contribution < 1.29 is 19.2 Å². The van der Waals surface area contributed by atoms with Crippen LogP contribution in [0.2, 0.25) is 10.0 Å². The maximum absolute atomic E-state index is 14.0. The molecule has 5 aliphatic rings. The normalized spacial score (nSPS) is 30.1. The molecule has 8 heteroatoms. The first-order chi connectivity index (χ1) is 17.3. The van der Waals surface area contributed by atoms with Crippen molar-refractivity contribution >= 4 is 46.7 Å². The Morgan fingerprint density at radius 3 is 2.14 bits per heavy atom. The topological polar surface area (TPSA) is 74.8 Å². The van der Waals surface area contributed by atoms with Crippen LogP contribution < -0.4 is 0 Å². The molecule has 6 nitrogen and oxygen atoms in total. The highest BCUT2D eigenvalue weighted by atomic mass is 35.5. The van der Waals surface area contributed by atoms with Crippen LogP contribution in [0, 0.1) is 35.5 Å². The lowest BCUT2D eigenvalue weighted by atomic mass is 9.63. The van der Waals surface area contributed by atoms with Crippen molar-refractivity contribution in [3.8, 4) is 0 Å². The fraction of sp³-hybridized carbons (Fsp3) is 0.357. The molecule has 4 aliphatic carbocycles. The van der Waals surface area contributed by atoms with Gasteiger partial charge < -0.3 is 0 Å². The van der Waals surface area contributed by atoms with E-state index in [1.807, 2.05) is 0 Å². The van der Waals surface area contributed by atoms with Crippen molar-refractivity contribution in [3.63, 3.8) is 0 Å². The molecule has 0 N–H and O–H groups in total. The van der Waals surface area contributed by atoms with Crippen molar-refractivity contribution in [1.82, 2.24) is 10.0 Å². The number of amides is 3. The Kier molecular flexibility index (Phi) is 5.58. The Bertz CT molecular complexity index is 1290. The second kappa shape index (κ2) is 8.56. The standard InChI is InChI=1S/C28H24Cl2N2O4/c1-2-22(25(33)14-6-4-3-5-7-14)31(26(34)18-9-8-15(29)12-21(18)30)32-27(35)23-16-10-11-17(20-13-19(16)20)24(23)28(32)36/h3-12,16-17,19-20,22-24H,2,13H2,1H3/t16-,17-,19-,20+,22+,23+,24+/m0/s1. The Morgan fingerprint density at radius 2 is 1.58 bits per heavy atom. The Morgan fingerprint density at radius 1 is 0.972 bits per heavy atom. The highest BCUT2D eigenvalue weighted by Crippen LogP contribution is 2.65. The van der Waals surface area contributed by atoms with Crippen LogP contribution in [0.1, 0.15) is 40.5 Å². The minimum absolute atomic E-state index is 0.00702. The van der Waals surface area contributed by atoms with Gasteiger partial charge in [-0.15, -0.1) is 0 Å². The summed E-state index contributed by atoms with van der Waals surface area (Å²) in [5, 5.41) is 2.46. The van der Waals surface area contributed by atoms with Gasteiger partial charge in [0.05, 0.1) is 22.4 Å². The molecular weight excluding hydrogens is 499 g/mol. The van der Waals surface area contributed by atoms with Crippen molar-refractivity contribution in [2.75, 3.05) is 0 Å². The van der Waals surface area contributed by atoms with Gasteiger partial charge in [0.15, 0.2) is 5.78 Å². The predicted octanol–water partition coefficient (Wildman–Crippen LogP) is 5.07. The number of rotatable bonds is 6. The molecule has 7 atom stereocenters. The van der Waals surface area contributed by atoms with Gasteiger partial charge in [-0.2, -0.15) is 5.01 Å². The number of nitrogens with zero attached hydrogens (tertiary/aromatic N) is 2. The molecule has 3 fully saturated rings. The van der Waals surface area contributed by atoms with Gasteiger partial charge in [0.2, 0.25) is 0 Å². The molecule has 0 aromatic heterocycles. The molecule has 2 bridgehead atoms. The average Bonchev–Trinajstić information content (AvgIpc) is 3.66. The fourth-order valence-electron chi connectivity index (χ4n) is 6.58. The van der Waals surface area contributed by atoms with Crippen LogP contribution in [0.25, 0.3) is 0 Å². The highest BCUT2D eigenvalue weighted by Gasteiger charge is 2.68. The van der Waals surface area contributed by atoms with Gasteiger partial charge in [0.25, 0.3) is 17.7 Å². The summed E-state index contributed by atoms with van der Waals surface area (Å²) in [4.78, 5) is 55.5. The minimum Gasteiger partial charge on any atom is -0.292 e. The lowest BCUT2D eigenvalue weighted by Crippen LogP contribution is -2.57. The zero-order valence-corrected chi connectivity index (χ0v) is 21.0. The van der Waals surface area contributed by atoms with Gasteiger partial charge in [-0.3, -0.25) is 19.2 Å². The van der Waals surface area contributed by atoms with Gasteiger partial charge in [0, 0.05) is 10.6 Å². The van der Waals surface area contributed by atoms with Gasteiger partial charge >= 0.3 is 0 Å². The van der Waals surface area contributed by atoms with E-state index in [0.717, 1.165) is 16.4 Å². The number of carbonyl (C=O) groups excluding carboxylic acids is 4. The summed E-state index contributed by atoms with van der Waals surface area (Å²) in [6.45, 7) is 1.76. The second-order valence-electron chi connectivity index (χ2n) is 10.1. The zero-order chi connectivity index (χ0) is 25.3. The van der Waals surface area contributed by atoms with E-state index in [1.165, 1.54) is 18.2 Å². The first-order valence-electron chi connectivity index (χ1n) is 12.3. The van der Waals surface area contributed by atoms with Crippen molar-refractivity contribution in [3.05, 3.63) is 81.9 Å².